The van der Waals surface area contributed by atoms with E-state index >= 15 is 0 Å². The Balaban J connectivity index is 2.04. The number of nitrogen functional groups attached to an aromatic ring is 1. The fraction of sp³-hybridized carbons (Fsp3) is 0.267. The predicted molar refractivity (Wildman–Crippen MR) is 91.8 cm³/mol. The molecule has 0 unspecified atom stereocenters. The highest BCUT2D eigenvalue weighted by Crippen LogP contribution is 2.22. The molecule has 0 aliphatic carbocycles. The number of aromatic nitrogens is 1. The lowest BCUT2D eigenvalue weighted by Crippen LogP contribution is -2.31. The maximum atomic E-state index is 12.2. The molecule has 0 aliphatic heterocycles. The fourth-order valence-corrected chi connectivity index (χ4v) is 2.66. The molecule has 23 heavy (non-hydrogen) atoms. The lowest BCUT2D eigenvalue weighted by atomic mass is 10.2. The first kappa shape index (κ1) is 17.2. The zero-order chi connectivity index (χ0) is 17.0. The molecule has 1 aromatic heterocycles. The second-order valence-corrected chi connectivity index (χ2v) is 6.42. The van der Waals surface area contributed by atoms with Crippen molar-refractivity contribution in [3.63, 3.8) is 0 Å². The van der Waals surface area contributed by atoms with Gasteiger partial charge in [0.1, 0.15) is 4.88 Å². The van der Waals surface area contributed by atoms with E-state index in [0.29, 0.717) is 11.6 Å². The molecule has 0 saturated carbocycles. The number of hydrogen-bond donors (Lipinski definition) is 3. The van der Waals surface area contributed by atoms with Crippen molar-refractivity contribution in [3.8, 4) is 0 Å². The summed E-state index contributed by atoms with van der Waals surface area (Å²) in [5, 5.41) is 6.07. The van der Waals surface area contributed by atoms with Crippen molar-refractivity contribution in [1.29, 1.82) is 0 Å². The first-order chi connectivity index (χ1) is 10.9. The molecule has 2 amide bonds. The molecule has 0 bridgehead atoms. The van der Waals surface area contributed by atoms with E-state index in [9.17, 15) is 9.59 Å². The van der Waals surface area contributed by atoms with Gasteiger partial charge in [-0.25, -0.2) is 0 Å². The van der Waals surface area contributed by atoms with Crippen LogP contribution in [0.15, 0.2) is 24.3 Å². The van der Waals surface area contributed by atoms with Gasteiger partial charge < -0.3 is 16.4 Å². The zero-order valence-electron chi connectivity index (χ0n) is 12.7. The average molecular weight is 353 g/mol. The lowest BCUT2D eigenvalue weighted by molar-refractivity contribution is 0.0939. The molecule has 0 saturated heterocycles. The monoisotopic (exact) mass is 352 g/mol. The normalized spacial score (nSPS) is 10.6. The Morgan fingerprint density at radius 1 is 1.26 bits per heavy atom. The molecule has 4 N–H and O–H groups in total. The number of rotatable bonds is 5. The summed E-state index contributed by atoms with van der Waals surface area (Å²) in [5.41, 5.74) is 6.97. The molecule has 0 atom stereocenters. The highest BCUT2D eigenvalue weighted by Gasteiger charge is 2.22. The van der Waals surface area contributed by atoms with E-state index in [2.05, 4.69) is 15.0 Å². The molecule has 0 radical (unpaired) electrons. The Labute approximate surface area is 143 Å². The van der Waals surface area contributed by atoms with Gasteiger partial charge in [0.2, 0.25) is 0 Å². The minimum atomic E-state index is -0.384. The molecular formula is C15H17ClN4O2S. The molecular weight excluding hydrogens is 336 g/mol. The summed E-state index contributed by atoms with van der Waals surface area (Å²) in [7, 11) is 0. The number of hydrogen-bond acceptors (Lipinski definition) is 5. The van der Waals surface area contributed by atoms with Crippen LogP contribution in [0.1, 0.15) is 39.6 Å². The molecule has 1 aromatic carbocycles. The smallest absolute Gasteiger partial charge is 0.273 e. The molecule has 6 nitrogen and oxygen atoms in total. The summed E-state index contributed by atoms with van der Waals surface area (Å²) in [4.78, 5) is 24.3. The van der Waals surface area contributed by atoms with Gasteiger partial charge in [-0.1, -0.05) is 23.7 Å². The number of carbonyl (C=O) groups is 2. The van der Waals surface area contributed by atoms with Crippen LogP contribution in [-0.2, 0) is 6.54 Å². The summed E-state index contributed by atoms with van der Waals surface area (Å²) in [6, 6.07) is 7.10. The largest absolute Gasteiger partial charge is 0.395 e. The molecule has 0 spiro atoms. The summed E-state index contributed by atoms with van der Waals surface area (Å²) in [5.74, 6) is -0.746. The second-order valence-electron chi connectivity index (χ2n) is 5.21. The Bertz CT molecular complexity index is 713. The number of nitrogens with zero attached hydrogens (tertiary/aromatic N) is 1. The van der Waals surface area contributed by atoms with Crippen molar-refractivity contribution in [2.75, 3.05) is 5.73 Å². The van der Waals surface area contributed by atoms with E-state index < -0.39 is 0 Å². The van der Waals surface area contributed by atoms with Crippen LogP contribution < -0.4 is 16.4 Å². The number of amides is 2. The number of carbonyl (C=O) groups excluding carboxylic acids is 2. The Kier molecular flexibility index (Phi) is 5.57. The highest BCUT2D eigenvalue weighted by molar-refractivity contribution is 7.09. The number of nitrogens with one attached hydrogen (secondary N) is 2. The van der Waals surface area contributed by atoms with Crippen molar-refractivity contribution in [1.82, 2.24) is 15.0 Å². The van der Waals surface area contributed by atoms with E-state index in [1.807, 2.05) is 26.0 Å². The van der Waals surface area contributed by atoms with Crippen LogP contribution >= 0.6 is 23.1 Å². The quantitative estimate of drug-likeness (QED) is 0.769. The topological polar surface area (TPSA) is 97.1 Å². The van der Waals surface area contributed by atoms with Crippen LogP contribution in [0.3, 0.4) is 0 Å². The molecule has 8 heteroatoms. The van der Waals surface area contributed by atoms with Gasteiger partial charge in [0.15, 0.2) is 5.69 Å². The van der Waals surface area contributed by atoms with E-state index in [1.165, 1.54) is 0 Å². The second kappa shape index (κ2) is 7.43. The molecule has 0 fully saturated rings. The third-order valence-corrected chi connectivity index (χ3v) is 4.05. The van der Waals surface area contributed by atoms with Crippen LogP contribution in [0.4, 0.5) is 5.69 Å². The van der Waals surface area contributed by atoms with Crippen molar-refractivity contribution in [2.45, 2.75) is 26.4 Å². The van der Waals surface area contributed by atoms with E-state index in [1.54, 1.807) is 12.1 Å². The molecule has 1 heterocycles. The van der Waals surface area contributed by atoms with Crippen molar-refractivity contribution in [2.24, 2.45) is 0 Å². The number of nitrogens with two attached hydrogens (primary N) is 1. The fourth-order valence-electron chi connectivity index (χ4n) is 1.82. The first-order valence-corrected chi connectivity index (χ1v) is 8.12. The van der Waals surface area contributed by atoms with Gasteiger partial charge in [-0.2, -0.15) is 4.37 Å². The predicted octanol–water partition coefficient (Wildman–Crippen LogP) is 2.45. The maximum absolute atomic E-state index is 12.2. The van der Waals surface area contributed by atoms with Crippen LogP contribution in [-0.4, -0.2) is 22.2 Å². The molecule has 2 aromatic rings. The Morgan fingerprint density at radius 3 is 2.52 bits per heavy atom. The van der Waals surface area contributed by atoms with Crippen LogP contribution in [0.2, 0.25) is 5.02 Å². The highest BCUT2D eigenvalue weighted by atomic mass is 35.5. The number of benzene rings is 1. The minimum Gasteiger partial charge on any atom is -0.395 e. The third-order valence-electron chi connectivity index (χ3n) is 2.94. The lowest BCUT2D eigenvalue weighted by Gasteiger charge is -2.07. The van der Waals surface area contributed by atoms with Gasteiger partial charge in [0.05, 0.1) is 5.69 Å². The van der Waals surface area contributed by atoms with Gasteiger partial charge in [-0.05, 0) is 43.1 Å². The molecule has 2 rings (SSSR count). The van der Waals surface area contributed by atoms with Crippen LogP contribution in [0, 0.1) is 0 Å². The van der Waals surface area contributed by atoms with Gasteiger partial charge in [-0.3, -0.25) is 9.59 Å². The Hall–Kier alpha value is -2.12. The van der Waals surface area contributed by atoms with Crippen LogP contribution in [0.5, 0.6) is 0 Å². The summed E-state index contributed by atoms with van der Waals surface area (Å²) >= 11 is 6.72. The number of halogens is 1. The third kappa shape index (κ3) is 4.43. The van der Waals surface area contributed by atoms with Crippen LogP contribution in [0.25, 0.3) is 0 Å². The van der Waals surface area contributed by atoms with Gasteiger partial charge in [0.25, 0.3) is 11.8 Å². The number of anilines is 1. The summed E-state index contributed by atoms with van der Waals surface area (Å²) in [6.45, 7) is 4.00. The average Bonchev–Trinajstić information content (AvgIpc) is 2.87. The summed E-state index contributed by atoms with van der Waals surface area (Å²) in [6.07, 6.45) is 0. The van der Waals surface area contributed by atoms with Gasteiger partial charge in [0, 0.05) is 17.6 Å². The zero-order valence-corrected chi connectivity index (χ0v) is 14.3. The van der Waals surface area contributed by atoms with Crippen molar-refractivity contribution < 1.29 is 9.59 Å². The van der Waals surface area contributed by atoms with Gasteiger partial charge in [-0.15, -0.1) is 0 Å². The SMILES string of the molecule is CC(C)NC(=O)c1nsc(C(=O)NCc2ccc(Cl)cc2)c1N. The van der Waals surface area contributed by atoms with E-state index in [0.717, 1.165) is 17.1 Å². The van der Waals surface area contributed by atoms with E-state index in [4.69, 9.17) is 17.3 Å². The molecule has 122 valence electrons. The first-order valence-electron chi connectivity index (χ1n) is 6.97. The van der Waals surface area contributed by atoms with Crippen molar-refractivity contribution in [3.05, 3.63) is 45.4 Å². The standard InChI is InChI=1S/C15H17ClN4O2S/c1-8(2)19-14(21)12-11(17)13(23-20-12)15(22)18-7-9-3-5-10(16)6-4-9/h3-6,8H,7,17H2,1-2H3,(H,18,22)(H,19,21). The van der Waals surface area contributed by atoms with Gasteiger partial charge >= 0.3 is 0 Å². The Morgan fingerprint density at radius 2 is 1.91 bits per heavy atom. The summed E-state index contributed by atoms with van der Waals surface area (Å²) < 4.78 is 3.98. The minimum absolute atomic E-state index is 0.0363. The van der Waals surface area contributed by atoms with E-state index in [-0.39, 0.29) is 34.1 Å². The maximum Gasteiger partial charge on any atom is 0.273 e. The van der Waals surface area contributed by atoms with Crippen molar-refractivity contribution >= 4 is 40.6 Å². The molecule has 0 aliphatic rings.